The smallest absolute Gasteiger partial charge is 0.314 e. The summed E-state index contributed by atoms with van der Waals surface area (Å²) in [7, 11) is 0. The van der Waals surface area contributed by atoms with Crippen molar-refractivity contribution in [1.29, 1.82) is 0 Å². The number of hydrogen-bond acceptors (Lipinski definition) is 2. The highest BCUT2D eigenvalue weighted by Crippen LogP contribution is 2.41. The predicted octanol–water partition coefficient (Wildman–Crippen LogP) is 3.71. The highest BCUT2D eigenvalue weighted by atomic mass is 19.1. The zero-order valence-electron chi connectivity index (χ0n) is 12.3. The van der Waals surface area contributed by atoms with E-state index in [9.17, 15) is 14.3 Å². The van der Waals surface area contributed by atoms with E-state index in [0.717, 1.165) is 45.2 Å². The molecule has 1 aromatic rings. The fourth-order valence-corrected chi connectivity index (χ4v) is 3.80. The van der Waals surface area contributed by atoms with Crippen LogP contribution in [-0.4, -0.2) is 24.2 Å². The largest absolute Gasteiger partial charge is 0.481 e. The maximum absolute atomic E-state index is 14.5. The van der Waals surface area contributed by atoms with E-state index in [-0.39, 0.29) is 5.82 Å². The molecule has 1 aliphatic carbocycles. The molecule has 1 heterocycles. The van der Waals surface area contributed by atoms with E-state index < -0.39 is 11.4 Å². The summed E-state index contributed by atoms with van der Waals surface area (Å²) in [5, 5.41) is 9.68. The number of hydrogen-bond donors (Lipinski definition) is 1. The first-order valence-corrected chi connectivity index (χ1v) is 7.92. The van der Waals surface area contributed by atoms with Crippen molar-refractivity contribution in [3.8, 4) is 0 Å². The predicted molar refractivity (Wildman–Crippen MR) is 80.2 cm³/mol. The lowest BCUT2D eigenvalue weighted by Gasteiger charge is -2.34. The monoisotopic (exact) mass is 291 g/mol. The molecule has 0 spiro atoms. The van der Waals surface area contributed by atoms with E-state index in [1.54, 1.807) is 6.07 Å². The summed E-state index contributed by atoms with van der Waals surface area (Å²) in [6.45, 7) is 1.78. The van der Waals surface area contributed by atoms with Gasteiger partial charge in [0.05, 0.1) is 11.1 Å². The van der Waals surface area contributed by atoms with Gasteiger partial charge in [-0.25, -0.2) is 4.39 Å². The fourth-order valence-electron chi connectivity index (χ4n) is 3.80. The summed E-state index contributed by atoms with van der Waals surface area (Å²) < 4.78 is 14.5. The van der Waals surface area contributed by atoms with Crippen LogP contribution in [0.2, 0.25) is 0 Å². The highest BCUT2D eigenvalue weighted by molar-refractivity contribution is 5.81. The van der Waals surface area contributed by atoms with Crippen LogP contribution in [0.4, 0.5) is 10.1 Å². The van der Waals surface area contributed by atoms with Crippen molar-refractivity contribution < 1.29 is 14.3 Å². The molecule has 3 rings (SSSR count). The molecule has 0 unspecified atom stereocenters. The molecule has 2 aliphatic rings. The van der Waals surface area contributed by atoms with Gasteiger partial charge in [-0.15, -0.1) is 0 Å². The van der Waals surface area contributed by atoms with E-state index >= 15 is 0 Å². The third-order valence-corrected chi connectivity index (χ3v) is 5.06. The van der Waals surface area contributed by atoms with Gasteiger partial charge in [0.15, 0.2) is 0 Å². The summed E-state index contributed by atoms with van der Waals surface area (Å²) in [4.78, 5) is 13.8. The minimum atomic E-state index is -0.886. The zero-order chi connectivity index (χ0) is 14.9. The molecular weight excluding hydrogens is 269 g/mol. The number of carboxylic acid groups (broad SMARTS) is 1. The fraction of sp³-hybridized carbons (Fsp3) is 0.588. The maximum Gasteiger partial charge on any atom is 0.314 e. The Hall–Kier alpha value is -1.58. The van der Waals surface area contributed by atoms with Gasteiger partial charge in [-0.1, -0.05) is 25.3 Å². The second-order valence-electron chi connectivity index (χ2n) is 6.31. The Balaban J connectivity index is 1.94. The van der Waals surface area contributed by atoms with Crippen molar-refractivity contribution in [2.24, 2.45) is 0 Å². The molecule has 0 bridgehead atoms. The van der Waals surface area contributed by atoms with Crippen LogP contribution in [0.3, 0.4) is 0 Å². The first-order valence-electron chi connectivity index (χ1n) is 7.92. The van der Waals surface area contributed by atoms with Gasteiger partial charge in [0.1, 0.15) is 5.82 Å². The standard InChI is InChI=1S/C17H22FNO2/c18-14-12-13(6-7-15(14)19-10-4-5-11-19)17(16(20)21)8-2-1-3-9-17/h6-7,12H,1-5,8-11H2,(H,20,21). The Morgan fingerprint density at radius 3 is 2.33 bits per heavy atom. The number of nitrogens with zero attached hydrogens (tertiary/aromatic N) is 1. The summed E-state index contributed by atoms with van der Waals surface area (Å²) in [6.07, 6.45) is 6.31. The first kappa shape index (κ1) is 14.4. The van der Waals surface area contributed by atoms with Gasteiger partial charge >= 0.3 is 5.97 Å². The van der Waals surface area contributed by atoms with Gasteiger partial charge in [-0.05, 0) is 43.4 Å². The molecule has 0 amide bonds. The van der Waals surface area contributed by atoms with Gasteiger partial charge < -0.3 is 10.0 Å². The molecule has 114 valence electrons. The van der Waals surface area contributed by atoms with E-state index in [1.807, 2.05) is 11.0 Å². The van der Waals surface area contributed by atoms with Crippen LogP contribution in [-0.2, 0) is 10.2 Å². The molecule has 1 aromatic carbocycles. The van der Waals surface area contributed by atoms with Crippen molar-refractivity contribution in [3.05, 3.63) is 29.6 Å². The molecule has 1 saturated heterocycles. The Morgan fingerprint density at radius 2 is 1.76 bits per heavy atom. The van der Waals surface area contributed by atoms with E-state index in [4.69, 9.17) is 0 Å². The number of carbonyl (C=O) groups is 1. The molecular formula is C17H22FNO2. The second-order valence-corrected chi connectivity index (χ2v) is 6.31. The SMILES string of the molecule is O=C(O)C1(c2ccc(N3CCCC3)c(F)c2)CCCCC1. The minimum Gasteiger partial charge on any atom is -0.481 e. The average Bonchev–Trinajstić information content (AvgIpc) is 3.01. The summed E-state index contributed by atoms with van der Waals surface area (Å²) in [5.74, 6) is -1.09. The minimum absolute atomic E-state index is 0.277. The molecule has 2 fully saturated rings. The first-order chi connectivity index (χ1) is 10.1. The van der Waals surface area contributed by atoms with Gasteiger partial charge in [-0.3, -0.25) is 4.79 Å². The maximum atomic E-state index is 14.5. The normalized spacial score (nSPS) is 21.5. The van der Waals surface area contributed by atoms with Crippen molar-refractivity contribution in [1.82, 2.24) is 0 Å². The number of rotatable bonds is 3. The molecule has 1 saturated carbocycles. The van der Waals surface area contributed by atoms with Gasteiger partial charge in [0.2, 0.25) is 0 Å². The quantitative estimate of drug-likeness (QED) is 0.923. The summed E-state index contributed by atoms with van der Waals surface area (Å²) >= 11 is 0. The van der Waals surface area contributed by atoms with Crippen LogP contribution in [0.25, 0.3) is 0 Å². The van der Waals surface area contributed by atoms with Crippen LogP contribution < -0.4 is 4.90 Å². The van der Waals surface area contributed by atoms with Crippen molar-refractivity contribution in [2.75, 3.05) is 18.0 Å². The topological polar surface area (TPSA) is 40.5 Å². The summed E-state index contributed by atoms with van der Waals surface area (Å²) in [5.41, 5.74) is 0.366. The van der Waals surface area contributed by atoms with Crippen molar-refractivity contribution >= 4 is 11.7 Å². The number of anilines is 1. The number of benzene rings is 1. The molecule has 0 radical (unpaired) electrons. The lowest BCUT2D eigenvalue weighted by molar-refractivity contribution is -0.145. The van der Waals surface area contributed by atoms with Gasteiger partial charge in [0, 0.05) is 13.1 Å². The van der Waals surface area contributed by atoms with Gasteiger partial charge in [0.25, 0.3) is 0 Å². The Morgan fingerprint density at radius 1 is 1.10 bits per heavy atom. The zero-order valence-corrected chi connectivity index (χ0v) is 12.3. The number of carboxylic acids is 1. The third-order valence-electron chi connectivity index (χ3n) is 5.06. The number of halogens is 1. The van der Waals surface area contributed by atoms with Crippen LogP contribution in [0.15, 0.2) is 18.2 Å². The van der Waals surface area contributed by atoms with E-state index in [1.165, 1.54) is 6.07 Å². The second kappa shape index (κ2) is 5.66. The molecule has 3 nitrogen and oxygen atoms in total. The molecule has 0 aromatic heterocycles. The number of aliphatic carboxylic acids is 1. The van der Waals surface area contributed by atoms with Gasteiger partial charge in [-0.2, -0.15) is 0 Å². The van der Waals surface area contributed by atoms with E-state index in [2.05, 4.69) is 0 Å². The Kier molecular flexibility index (Phi) is 3.87. The van der Waals surface area contributed by atoms with Crippen molar-refractivity contribution in [2.45, 2.75) is 50.4 Å². The lowest BCUT2D eigenvalue weighted by atomic mass is 9.69. The van der Waals surface area contributed by atoms with Crippen LogP contribution in [0.1, 0.15) is 50.5 Å². The highest BCUT2D eigenvalue weighted by Gasteiger charge is 2.41. The van der Waals surface area contributed by atoms with Crippen molar-refractivity contribution in [3.63, 3.8) is 0 Å². The molecule has 1 aliphatic heterocycles. The third kappa shape index (κ3) is 2.52. The lowest BCUT2D eigenvalue weighted by Crippen LogP contribution is -2.38. The molecule has 1 N–H and O–H groups in total. The molecule has 0 atom stereocenters. The summed E-state index contributed by atoms with van der Waals surface area (Å²) in [6, 6.07) is 5.07. The van der Waals surface area contributed by atoms with Crippen LogP contribution in [0, 0.1) is 5.82 Å². The van der Waals surface area contributed by atoms with Crippen LogP contribution in [0.5, 0.6) is 0 Å². The molecule has 4 heteroatoms. The van der Waals surface area contributed by atoms with E-state index in [0.29, 0.717) is 24.1 Å². The average molecular weight is 291 g/mol. The Labute approximate surface area is 124 Å². The Bertz CT molecular complexity index is 532. The van der Waals surface area contributed by atoms with Crippen LogP contribution >= 0.6 is 0 Å². The molecule has 21 heavy (non-hydrogen) atoms.